The predicted octanol–water partition coefficient (Wildman–Crippen LogP) is 3.68. The third kappa shape index (κ3) is 7.39. The van der Waals surface area contributed by atoms with Crippen molar-refractivity contribution in [2.24, 2.45) is 0 Å². The Morgan fingerprint density at radius 1 is 0.946 bits per heavy atom. The van der Waals surface area contributed by atoms with Gasteiger partial charge in [-0.1, -0.05) is 66.7 Å². The molecule has 0 saturated carbocycles. The van der Waals surface area contributed by atoms with Gasteiger partial charge in [-0.15, -0.1) is 0 Å². The highest BCUT2D eigenvalue weighted by Crippen LogP contribution is 2.23. The number of para-hydroxylation sites is 1. The lowest BCUT2D eigenvalue weighted by Gasteiger charge is -2.33. The largest absolute Gasteiger partial charge is 0.355 e. The average molecular weight is 526 g/mol. The molecule has 0 aliphatic rings. The van der Waals surface area contributed by atoms with Gasteiger partial charge in [0.05, 0.1) is 11.9 Å². The topological polar surface area (TPSA) is 86.8 Å². The summed E-state index contributed by atoms with van der Waals surface area (Å²) in [6.45, 7) is 3.47. The monoisotopic (exact) mass is 525 g/mol. The Hall–Kier alpha value is -3.72. The number of anilines is 1. The van der Waals surface area contributed by atoms with E-state index in [9.17, 15) is 22.4 Å². The van der Waals surface area contributed by atoms with E-state index in [1.165, 1.54) is 23.1 Å². The maximum atomic E-state index is 14.6. The summed E-state index contributed by atoms with van der Waals surface area (Å²) >= 11 is 0. The fourth-order valence-corrected chi connectivity index (χ4v) is 4.92. The molecule has 9 heteroatoms. The molecular weight excluding hydrogens is 493 g/mol. The number of rotatable bonds is 11. The van der Waals surface area contributed by atoms with Gasteiger partial charge in [0.2, 0.25) is 21.8 Å². The van der Waals surface area contributed by atoms with Crippen molar-refractivity contribution >= 4 is 27.5 Å². The van der Waals surface area contributed by atoms with E-state index in [2.05, 4.69) is 5.32 Å². The minimum atomic E-state index is -4.02. The summed E-state index contributed by atoms with van der Waals surface area (Å²) in [7, 11) is -4.02. The second-order valence-electron chi connectivity index (χ2n) is 8.77. The van der Waals surface area contributed by atoms with Gasteiger partial charge in [0.25, 0.3) is 0 Å². The van der Waals surface area contributed by atoms with Gasteiger partial charge in [-0.25, -0.2) is 12.8 Å². The van der Waals surface area contributed by atoms with Crippen molar-refractivity contribution in [1.29, 1.82) is 0 Å². The Balaban J connectivity index is 2.06. The molecule has 3 rings (SSSR count). The molecule has 196 valence electrons. The van der Waals surface area contributed by atoms with E-state index in [1.807, 2.05) is 61.5 Å². The number of hydrogen-bond donors (Lipinski definition) is 1. The van der Waals surface area contributed by atoms with Gasteiger partial charge in [-0.2, -0.15) is 0 Å². The van der Waals surface area contributed by atoms with Crippen LogP contribution in [0.5, 0.6) is 0 Å². The number of benzene rings is 3. The lowest BCUT2D eigenvalue weighted by Crippen LogP contribution is -2.53. The second-order valence-corrected chi connectivity index (χ2v) is 10.7. The van der Waals surface area contributed by atoms with Gasteiger partial charge in [-0.3, -0.25) is 13.9 Å². The molecular formula is C28H32FN3O4S. The van der Waals surface area contributed by atoms with Crippen LogP contribution in [-0.2, 0) is 32.6 Å². The van der Waals surface area contributed by atoms with Crippen molar-refractivity contribution in [1.82, 2.24) is 10.2 Å². The zero-order valence-electron chi connectivity index (χ0n) is 21.2. The average Bonchev–Trinajstić information content (AvgIpc) is 2.86. The maximum Gasteiger partial charge on any atom is 0.244 e. The van der Waals surface area contributed by atoms with Crippen LogP contribution in [0, 0.1) is 12.7 Å². The van der Waals surface area contributed by atoms with Gasteiger partial charge >= 0.3 is 0 Å². The molecule has 0 aliphatic heterocycles. The number of carbonyl (C=O) groups is 2. The zero-order valence-corrected chi connectivity index (χ0v) is 22.0. The van der Waals surface area contributed by atoms with Crippen molar-refractivity contribution in [2.45, 2.75) is 32.9 Å². The summed E-state index contributed by atoms with van der Waals surface area (Å²) in [5.74, 6) is -1.75. The zero-order chi connectivity index (χ0) is 27.0. The number of nitrogens with zero attached hydrogens (tertiary/aromatic N) is 2. The highest BCUT2D eigenvalue weighted by molar-refractivity contribution is 7.92. The molecule has 0 saturated heterocycles. The van der Waals surface area contributed by atoms with Crippen LogP contribution in [0.2, 0.25) is 0 Å². The van der Waals surface area contributed by atoms with E-state index in [0.29, 0.717) is 6.54 Å². The number of likely N-dealkylation sites (N-methyl/N-ethyl adjacent to an activating group) is 1. The Bertz CT molecular complexity index is 1330. The molecule has 1 N–H and O–H groups in total. The number of carbonyl (C=O) groups excluding carboxylic acids is 2. The molecule has 0 bridgehead atoms. The Labute approximate surface area is 218 Å². The van der Waals surface area contributed by atoms with E-state index in [-0.39, 0.29) is 24.6 Å². The number of aryl methyl sites for hydroxylation is 1. The van der Waals surface area contributed by atoms with E-state index >= 15 is 0 Å². The molecule has 0 spiro atoms. The normalized spacial score (nSPS) is 12.0. The minimum absolute atomic E-state index is 0.0784. The molecule has 3 aromatic carbocycles. The maximum absolute atomic E-state index is 14.6. The first kappa shape index (κ1) is 27.9. The van der Waals surface area contributed by atoms with Crippen LogP contribution in [-0.4, -0.2) is 50.5 Å². The summed E-state index contributed by atoms with van der Waals surface area (Å²) in [6.07, 6.45) is 1.15. The summed E-state index contributed by atoms with van der Waals surface area (Å²) in [5.41, 5.74) is 2.35. The van der Waals surface area contributed by atoms with E-state index in [1.54, 1.807) is 6.92 Å². The fraction of sp³-hybridized carbons (Fsp3) is 0.286. The van der Waals surface area contributed by atoms with Crippen LogP contribution >= 0.6 is 0 Å². The summed E-state index contributed by atoms with van der Waals surface area (Å²) < 4.78 is 40.7. The highest BCUT2D eigenvalue weighted by atomic mass is 32.2. The molecule has 37 heavy (non-hydrogen) atoms. The standard InChI is InChI=1S/C28H32FN3O4S/c1-4-30-28(34)26(18-22-13-6-5-7-14-22)31(19-23-15-9-8-12-21(23)2)27(33)20-32(37(3,35)36)25-17-11-10-16-24(25)29/h5-17,26H,4,18-20H2,1-3H3,(H,30,34)/t26-/m1/s1. The Morgan fingerprint density at radius 2 is 1.57 bits per heavy atom. The molecule has 0 aliphatic carbocycles. The van der Waals surface area contributed by atoms with E-state index in [0.717, 1.165) is 33.3 Å². The quantitative estimate of drug-likeness (QED) is 0.414. The summed E-state index contributed by atoms with van der Waals surface area (Å²) in [5, 5.41) is 2.80. The second kappa shape index (κ2) is 12.5. The third-order valence-electron chi connectivity index (χ3n) is 6.02. The van der Waals surface area contributed by atoms with Gasteiger partial charge in [0.1, 0.15) is 18.4 Å². The first-order valence-electron chi connectivity index (χ1n) is 12.0. The predicted molar refractivity (Wildman–Crippen MR) is 143 cm³/mol. The lowest BCUT2D eigenvalue weighted by molar-refractivity contribution is -0.140. The number of amides is 2. The van der Waals surface area contributed by atoms with Gasteiger partial charge in [0.15, 0.2) is 0 Å². The van der Waals surface area contributed by atoms with Crippen LogP contribution < -0.4 is 9.62 Å². The lowest BCUT2D eigenvalue weighted by atomic mass is 10.0. The Morgan fingerprint density at radius 3 is 2.19 bits per heavy atom. The van der Waals surface area contributed by atoms with Crippen molar-refractivity contribution < 1.29 is 22.4 Å². The number of hydrogen-bond acceptors (Lipinski definition) is 4. The molecule has 3 aromatic rings. The highest BCUT2D eigenvalue weighted by Gasteiger charge is 2.33. The Kier molecular flexibility index (Phi) is 9.41. The number of nitrogens with one attached hydrogen (secondary N) is 1. The van der Waals surface area contributed by atoms with Crippen LogP contribution in [0.15, 0.2) is 78.9 Å². The van der Waals surface area contributed by atoms with E-state index in [4.69, 9.17) is 0 Å². The van der Waals surface area contributed by atoms with E-state index < -0.39 is 34.3 Å². The SMILES string of the molecule is CCNC(=O)[C@@H](Cc1ccccc1)N(Cc1ccccc1C)C(=O)CN(c1ccccc1F)S(C)(=O)=O. The van der Waals surface area contributed by atoms with Gasteiger partial charge in [-0.05, 0) is 42.7 Å². The van der Waals surface area contributed by atoms with Gasteiger partial charge < -0.3 is 10.2 Å². The molecule has 0 fully saturated rings. The van der Waals surface area contributed by atoms with Gasteiger partial charge in [0, 0.05) is 19.5 Å². The minimum Gasteiger partial charge on any atom is -0.355 e. The van der Waals surface area contributed by atoms with Crippen LogP contribution in [0.3, 0.4) is 0 Å². The van der Waals surface area contributed by atoms with Crippen LogP contribution in [0.1, 0.15) is 23.6 Å². The van der Waals surface area contributed by atoms with Crippen molar-refractivity contribution in [2.75, 3.05) is 23.7 Å². The number of sulfonamides is 1. The van der Waals surface area contributed by atoms with Crippen LogP contribution in [0.25, 0.3) is 0 Å². The molecule has 1 atom stereocenters. The summed E-state index contributed by atoms with van der Waals surface area (Å²) in [4.78, 5) is 28.5. The molecule has 0 unspecified atom stereocenters. The fourth-order valence-electron chi connectivity index (χ4n) is 4.07. The van der Waals surface area contributed by atoms with Crippen LogP contribution in [0.4, 0.5) is 10.1 Å². The molecule has 0 radical (unpaired) electrons. The molecule has 0 aromatic heterocycles. The van der Waals surface area contributed by atoms with Crippen molar-refractivity contribution in [3.63, 3.8) is 0 Å². The first-order valence-corrected chi connectivity index (χ1v) is 13.8. The van der Waals surface area contributed by atoms with Crippen molar-refractivity contribution in [3.8, 4) is 0 Å². The first-order chi connectivity index (χ1) is 17.6. The van der Waals surface area contributed by atoms with Crippen molar-refractivity contribution in [3.05, 3.63) is 101 Å². The molecule has 0 heterocycles. The third-order valence-corrected chi connectivity index (χ3v) is 7.15. The number of halogens is 1. The molecule has 7 nitrogen and oxygen atoms in total. The summed E-state index contributed by atoms with van der Waals surface area (Å²) in [6, 6.07) is 21.2. The molecule has 2 amide bonds. The smallest absolute Gasteiger partial charge is 0.244 e.